The zero-order chi connectivity index (χ0) is 19.6. The molecule has 0 atom stereocenters. The van der Waals surface area contributed by atoms with E-state index in [1.165, 1.54) is 57.8 Å². The number of fused-ring (bicyclic) bond motifs is 1. The van der Waals surface area contributed by atoms with E-state index in [0.29, 0.717) is 5.75 Å². The van der Waals surface area contributed by atoms with E-state index in [0.717, 1.165) is 40.6 Å². The summed E-state index contributed by atoms with van der Waals surface area (Å²) in [6.07, 6.45) is 14.2. The Morgan fingerprint density at radius 3 is 2.18 bits per heavy atom. The lowest BCUT2D eigenvalue weighted by Crippen LogP contribution is -1.90. The van der Waals surface area contributed by atoms with E-state index < -0.39 is 0 Å². The van der Waals surface area contributed by atoms with Gasteiger partial charge in [0, 0.05) is 11.1 Å². The maximum absolute atomic E-state index is 10.8. The minimum Gasteiger partial charge on any atom is -0.507 e. The lowest BCUT2D eigenvalue weighted by Gasteiger charge is -2.10. The Morgan fingerprint density at radius 1 is 0.786 bits per heavy atom. The summed E-state index contributed by atoms with van der Waals surface area (Å²) in [5, 5.41) is 21.8. The van der Waals surface area contributed by atoms with Crippen LogP contribution in [0.4, 0.5) is 0 Å². The molecule has 28 heavy (non-hydrogen) atoms. The Hall–Kier alpha value is -2.36. The van der Waals surface area contributed by atoms with E-state index in [1.807, 2.05) is 36.4 Å². The highest BCUT2D eigenvalue weighted by Crippen LogP contribution is 2.35. The molecule has 0 saturated heterocycles. The number of phenols is 1. The normalized spacial score (nSPS) is 11.3. The molecule has 2 aromatic carbocycles. The van der Waals surface area contributed by atoms with E-state index in [9.17, 15) is 5.11 Å². The van der Waals surface area contributed by atoms with Crippen molar-refractivity contribution in [1.82, 2.24) is 15.4 Å². The average Bonchev–Trinajstić information content (AvgIpc) is 3.19. The van der Waals surface area contributed by atoms with Gasteiger partial charge >= 0.3 is 0 Å². The molecule has 0 fully saturated rings. The lowest BCUT2D eigenvalue weighted by molar-refractivity contribution is 0.468. The molecule has 1 heterocycles. The molecular formula is C24H33N3O. The average molecular weight is 380 g/mol. The number of hydrogen-bond acceptors (Lipinski definition) is 3. The standard InChI is InChI=1S/C24H33N3O/c1-2-3-4-5-6-7-8-9-10-11-14-19-15-12-17-21(24(19)28)20-16-13-18-22-23(20)26-27-25-22/h12-13,15-18,28H,2-11,14H2,1H3,(H,25,26,27). The molecule has 0 aliphatic rings. The first kappa shape index (κ1) is 20.4. The zero-order valence-corrected chi connectivity index (χ0v) is 17.1. The number of rotatable bonds is 12. The summed E-state index contributed by atoms with van der Waals surface area (Å²) < 4.78 is 0. The largest absolute Gasteiger partial charge is 0.507 e. The molecule has 3 aromatic rings. The Kier molecular flexibility index (Phi) is 7.89. The number of unbranched alkanes of at least 4 members (excludes halogenated alkanes) is 9. The predicted octanol–water partition coefficient (Wildman–Crippen LogP) is 6.79. The van der Waals surface area contributed by atoms with Gasteiger partial charge in [0.2, 0.25) is 0 Å². The summed E-state index contributed by atoms with van der Waals surface area (Å²) in [4.78, 5) is 0. The fraction of sp³-hybridized carbons (Fsp3) is 0.500. The van der Waals surface area contributed by atoms with Gasteiger partial charge < -0.3 is 5.11 Å². The van der Waals surface area contributed by atoms with Crippen LogP contribution in [0.25, 0.3) is 22.2 Å². The maximum atomic E-state index is 10.8. The number of benzene rings is 2. The summed E-state index contributed by atoms with van der Waals surface area (Å²) in [6, 6.07) is 11.9. The Bertz CT molecular complexity index is 856. The van der Waals surface area contributed by atoms with E-state index in [1.54, 1.807) is 0 Å². The van der Waals surface area contributed by atoms with Crippen LogP contribution >= 0.6 is 0 Å². The van der Waals surface area contributed by atoms with Gasteiger partial charge in [-0.05, 0) is 24.5 Å². The number of aryl methyl sites for hydroxylation is 1. The van der Waals surface area contributed by atoms with Crippen LogP contribution in [-0.4, -0.2) is 20.5 Å². The molecule has 4 nitrogen and oxygen atoms in total. The highest BCUT2D eigenvalue weighted by molar-refractivity contribution is 5.93. The third kappa shape index (κ3) is 5.34. The molecule has 0 aliphatic carbocycles. The van der Waals surface area contributed by atoms with Crippen molar-refractivity contribution in [3.05, 3.63) is 42.0 Å². The fourth-order valence-electron chi connectivity index (χ4n) is 3.90. The van der Waals surface area contributed by atoms with E-state index in [2.05, 4.69) is 22.3 Å². The number of para-hydroxylation sites is 1. The van der Waals surface area contributed by atoms with Crippen molar-refractivity contribution in [2.24, 2.45) is 0 Å². The second-order valence-electron chi connectivity index (χ2n) is 7.76. The monoisotopic (exact) mass is 379 g/mol. The molecule has 0 radical (unpaired) electrons. The number of aromatic hydroxyl groups is 1. The quantitative estimate of drug-likeness (QED) is 0.340. The van der Waals surface area contributed by atoms with Crippen LogP contribution in [0.5, 0.6) is 5.75 Å². The molecule has 4 heteroatoms. The van der Waals surface area contributed by atoms with Gasteiger partial charge in [-0.1, -0.05) is 100 Å². The first-order chi connectivity index (χ1) is 13.8. The van der Waals surface area contributed by atoms with E-state index in [4.69, 9.17) is 0 Å². The summed E-state index contributed by atoms with van der Waals surface area (Å²) >= 11 is 0. The summed E-state index contributed by atoms with van der Waals surface area (Å²) in [5.74, 6) is 0.383. The molecule has 2 N–H and O–H groups in total. The van der Waals surface area contributed by atoms with Crippen LogP contribution in [0.15, 0.2) is 36.4 Å². The topological polar surface area (TPSA) is 61.8 Å². The molecule has 0 unspecified atom stereocenters. The molecule has 0 bridgehead atoms. The number of H-pyrrole nitrogens is 1. The number of aromatic nitrogens is 3. The van der Waals surface area contributed by atoms with E-state index in [-0.39, 0.29) is 0 Å². The van der Waals surface area contributed by atoms with Crippen molar-refractivity contribution < 1.29 is 5.11 Å². The Morgan fingerprint density at radius 2 is 1.43 bits per heavy atom. The highest BCUT2D eigenvalue weighted by atomic mass is 16.3. The van der Waals surface area contributed by atoms with Crippen molar-refractivity contribution in [3.63, 3.8) is 0 Å². The van der Waals surface area contributed by atoms with Crippen molar-refractivity contribution >= 4 is 11.0 Å². The summed E-state index contributed by atoms with van der Waals surface area (Å²) in [7, 11) is 0. The zero-order valence-electron chi connectivity index (χ0n) is 17.1. The molecule has 3 rings (SSSR count). The van der Waals surface area contributed by atoms with Gasteiger partial charge in [0.15, 0.2) is 0 Å². The third-order valence-corrected chi connectivity index (χ3v) is 5.57. The summed E-state index contributed by atoms with van der Waals surface area (Å²) in [6.45, 7) is 2.27. The maximum Gasteiger partial charge on any atom is 0.126 e. The van der Waals surface area contributed by atoms with Crippen molar-refractivity contribution in [2.45, 2.75) is 77.6 Å². The van der Waals surface area contributed by atoms with Crippen LogP contribution in [-0.2, 0) is 6.42 Å². The Balaban J connectivity index is 1.48. The molecule has 150 valence electrons. The number of nitrogens with zero attached hydrogens (tertiary/aromatic N) is 2. The van der Waals surface area contributed by atoms with Gasteiger partial charge in [-0.2, -0.15) is 0 Å². The van der Waals surface area contributed by atoms with Crippen LogP contribution in [0, 0.1) is 0 Å². The van der Waals surface area contributed by atoms with Gasteiger partial charge in [-0.25, -0.2) is 0 Å². The van der Waals surface area contributed by atoms with Crippen LogP contribution in [0.3, 0.4) is 0 Å². The van der Waals surface area contributed by atoms with Gasteiger partial charge in [-0.15, -0.1) is 5.10 Å². The third-order valence-electron chi connectivity index (χ3n) is 5.57. The predicted molar refractivity (Wildman–Crippen MR) is 117 cm³/mol. The minimum absolute atomic E-state index is 0.383. The molecule has 1 aromatic heterocycles. The van der Waals surface area contributed by atoms with Gasteiger partial charge in [-0.3, -0.25) is 5.10 Å². The minimum atomic E-state index is 0.383. The molecule has 0 amide bonds. The fourth-order valence-corrected chi connectivity index (χ4v) is 3.90. The lowest BCUT2D eigenvalue weighted by atomic mass is 9.97. The Labute approximate surface area is 168 Å². The highest BCUT2D eigenvalue weighted by Gasteiger charge is 2.13. The molecular weight excluding hydrogens is 346 g/mol. The number of nitrogens with one attached hydrogen (secondary N) is 1. The van der Waals surface area contributed by atoms with Crippen molar-refractivity contribution in [1.29, 1.82) is 0 Å². The number of hydrogen-bond donors (Lipinski definition) is 2. The van der Waals surface area contributed by atoms with Crippen molar-refractivity contribution in [2.75, 3.05) is 0 Å². The van der Waals surface area contributed by atoms with Gasteiger partial charge in [0.1, 0.15) is 11.3 Å². The van der Waals surface area contributed by atoms with Crippen LogP contribution in [0.2, 0.25) is 0 Å². The number of aromatic amines is 1. The first-order valence-electron chi connectivity index (χ1n) is 10.9. The second kappa shape index (κ2) is 10.8. The SMILES string of the molecule is CCCCCCCCCCCCc1cccc(-c2cccc3[nH]nnc23)c1O. The molecule has 0 aliphatic heterocycles. The first-order valence-corrected chi connectivity index (χ1v) is 10.9. The van der Waals surface area contributed by atoms with Crippen LogP contribution in [0.1, 0.15) is 76.7 Å². The van der Waals surface area contributed by atoms with Crippen molar-refractivity contribution in [3.8, 4) is 16.9 Å². The molecule has 0 spiro atoms. The van der Waals surface area contributed by atoms with E-state index >= 15 is 0 Å². The smallest absolute Gasteiger partial charge is 0.126 e. The number of phenolic OH excluding ortho intramolecular Hbond substituents is 1. The second-order valence-corrected chi connectivity index (χ2v) is 7.76. The van der Waals surface area contributed by atoms with Gasteiger partial charge in [0.05, 0.1) is 5.52 Å². The summed E-state index contributed by atoms with van der Waals surface area (Å²) in [5.41, 5.74) is 4.47. The molecule has 0 saturated carbocycles. The van der Waals surface area contributed by atoms with Crippen LogP contribution < -0.4 is 0 Å². The van der Waals surface area contributed by atoms with Gasteiger partial charge in [0.25, 0.3) is 0 Å².